The average molecular weight is 290 g/mol. The van der Waals surface area contributed by atoms with Gasteiger partial charge in [-0.3, -0.25) is 0 Å². The molecule has 1 saturated heterocycles. The van der Waals surface area contributed by atoms with E-state index in [9.17, 15) is 0 Å². The van der Waals surface area contributed by atoms with Crippen LogP contribution in [0.15, 0.2) is 18.2 Å². The smallest absolute Gasteiger partial charge is 0.119 e. The maximum Gasteiger partial charge on any atom is 0.119 e. The van der Waals surface area contributed by atoms with Crippen LogP contribution in [0.25, 0.3) is 0 Å². The van der Waals surface area contributed by atoms with Crippen LogP contribution in [0.1, 0.15) is 32.3 Å². The minimum absolute atomic E-state index is 0.578. The lowest BCUT2D eigenvalue weighted by Gasteiger charge is -2.31. The van der Waals surface area contributed by atoms with Gasteiger partial charge >= 0.3 is 0 Å². The van der Waals surface area contributed by atoms with Gasteiger partial charge in [0.05, 0.1) is 0 Å². The van der Waals surface area contributed by atoms with Gasteiger partial charge in [-0.25, -0.2) is 0 Å². The van der Waals surface area contributed by atoms with Crippen molar-refractivity contribution in [2.45, 2.75) is 45.7 Å². The molecule has 0 amide bonds. The number of rotatable bonds is 2. The monoisotopic (exact) mass is 289 g/mol. The fraction of sp³-hybridized carbons (Fsp3) is 0.538. The highest BCUT2D eigenvalue weighted by atomic mass is 35.9. The summed E-state index contributed by atoms with van der Waals surface area (Å²) in [6, 6.07) is 7.59. The second-order valence-electron chi connectivity index (χ2n) is 4.91. The maximum atomic E-state index is 6.16. The summed E-state index contributed by atoms with van der Waals surface area (Å²) in [5.74, 6) is 0. The molecule has 2 rings (SSSR count). The van der Waals surface area contributed by atoms with E-state index >= 15 is 0 Å². The summed E-state index contributed by atoms with van der Waals surface area (Å²) in [7, 11) is 0. The minimum Gasteiger partial charge on any atom is -0.366 e. The zero-order valence-corrected chi connectivity index (χ0v) is 12.9. The summed E-state index contributed by atoms with van der Waals surface area (Å²) in [4.78, 5) is 2.47. The summed E-state index contributed by atoms with van der Waals surface area (Å²) < 4.78 is 0. The van der Waals surface area contributed by atoms with Crippen LogP contribution < -0.4 is 10.2 Å². The summed E-state index contributed by atoms with van der Waals surface area (Å²) in [5, 5.41) is 1.10. The van der Waals surface area contributed by atoms with E-state index in [1.54, 1.807) is 0 Å². The second-order valence-corrected chi connectivity index (χ2v) is 8.40. The average Bonchev–Trinajstić information content (AvgIpc) is 2.59. The van der Waals surface area contributed by atoms with Gasteiger partial charge in [-0.05, 0) is 45.7 Å². The highest BCUT2D eigenvalue weighted by molar-refractivity contribution is 8.09. The van der Waals surface area contributed by atoms with E-state index in [1.165, 1.54) is 24.1 Å². The molecule has 2 atom stereocenters. The second kappa shape index (κ2) is 5.34. The molecular weight excluding hydrogens is 272 g/mol. The molecule has 1 aromatic rings. The summed E-state index contributed by atoms with van der Waals surface area (Å²) in [6.45, 7) is 5.55. The van der Waals surface area contributed by atoms with Gasteiger partial charge in [-0.15, -0.1) is 0 Å². The van der Waals surface area contributed by atoms with Gasteiger partial charge in [0.2, 0.25) is 0 Å². The molecule has 1 aliphatic rings. The molecule has 1 aromatic carbocycles. The largest absolute Gasteiger partial charge is 0.366 e. The molecule has 0 radical (unpaired) electrons. The summed E-state index contributed by atoms with van der Waals surface area (Å²) in [5.41, 5.74) is 2.45. The molecule has 94 valence electrons. The Balaban J connectivity index is 2.43. The van der Waals surface area contributed by atoms with E-state index in [0.29, 0.717) is 12.1 Å². The molecule has 1 aliphatic heterocycles. The standard InChI is InChI=1S/C13H18Cl2NP/c1-9-4-7-12(13(8-9)17(14)15)16-10(2)5-6-11(16)3/h4,7-8,10-11H,5-6H2,1-3H3/t10-,11-/m0/s1. The molecule has 4 heteroatoms. The molecule has 0 saturated carbocycles. The van der Waals surface area contributed by atoms with Gasteiger partial charge < -0.3 is 4.90 Å². The fourth-order valence-corrected chi connectivity index (χ4v) is 4.13. The van der Waals surface area contributed by atoms with Crippen molar-refractivity contribution in [1.29, 1.82) is 0 Å². The Bertz CT molecular complexity index is 398. The first kappa shape index (κ1) is 13.5. The van der Waals surface area contributed by atoms with E-state index in [2.05, 4.69) is 43.9 Å². The Morgan fingerprint density at radius 1 is 1.18 bits per heavy atom. The number of aryl methyl sites for hydroxylation is 1. The molecule has 0 aliphatic carbocycles. The predicted molar refractivity (Wildman–Crippen MR) is 80.1 cm³/mol. The maximum absolute atomic E-state index is 6.16. The lowest BCUT2D eigenvalue weighted by atomic mass is 10.2. The van der Waals surface area contributed by atoms with Crippen LogP contribution in [-0.4, -0.2) is 12.1 Å². The first-order valence-electron chi connectivity index (χ1n) is 6.01. The number of benzene rings is 1. The molecule has 1 nitrogen and oxygen atoms in total. The third kappa shape index (κ3) is 2.72. The van der Waals surface area contributed by atoms with Crippen molar-refractivity contribution >= 4 is 40.1 Å². The first-order chi connectivity index (χ1) is 8.00. The third-order valence-electron chi connectivity index (χ3n) is 3.54. The molecule has 0 spiro atoms. The Morgan fingerprint density at radius 3 is 2.29 bits per heavy atom. The van der Waals surface area contributed by atoms with E-state index in [4.69, 9.17) is 22.5 Å². The van der Waals surface area contributed by atoms with Gasteiger partial charge in [0.25, 0.3) is 0 Å². The fourth-order valence-electron chi connectivity index (χ4n) is 2.66. The van der Waals surface area contributed by atoms with Crippen molar-refractivity contribution in [1.82, 2.24) is 0 Å². The number of hydrogen-bond donors (Lipinski definition) is 0. The lowest BCUT2D eigenvalue weighted by Crippen LogP contribution is -2.35. The molecule has 17 heavy (non-hydrogen) atoms. The Hall–Kier alpha value is 0.0300. The van der Waals surface area contributed by atoms with Gasteiger partial charge in [0.15, 0.2) is 0 Å². The number of halogens is 2. The molecular formula is C13H18Cl2NP. The van der Waals surface area contributed by atoms with Crippen LogP contribution >= 0.6 is 29.1 Å². The third-order valence-corrected chi connectivity index (χ3v) is 5.36. The lowest BCUT2D eigenvalue weighted by molar-refractivity contribution is 0.696. The molecule has 0 N–H and O–H groups in total. The van der Waals surface area contributed by atoms with Gasteiger partial charge in [-0.1, -0.05) is 34.1 Å². The van der Waals surface area contributed by atoms with E-state index in [-0.39, 0.29) is 0 Å². The van der Waals surface area contributed by atoms with Crippen LogP contribution in [0.4, 0.5) is 5.69 Å². The van der Waals surface area contributed by atoms with Gasteiger partial charge in [-0.2, -0.15) is 0 Å². The van der Waals surface area contributed by atoms with Crippen molar-refractivity contribution in [3.63, 3.8) is 0 Å². The van der Waals surface area contributed by atoms with Gasteiger partial charge in [0, 0.05) is 23.1 Å². The summed E-state index contributed by atoms with van der Waals surface area (Å²) in [6.07, 6.45) is 2.49. The number of hydrogen-bond acceptors (Lipinski definition) is 1. The Morgan fingerprint density at radius 2 is 1.76 bits per heavy atom. The molecule has 0 unspecified atom stereocenters. The van der Waals surface area contributed by atoms with Crippen molar-refractivity contribution in [3.8, 4) is 0 Å². The van der Waals surface area contributed by atoms with Crippen molar-refractivity contribution in [3.05, 3.63) is 23.8 Å². The zero-order valence-electron chi connectivity index (χ0n) is 10.5. The van der Waals surface area contributed by atoms with E-state index < -0.39 is 6.63 Å². The van der Waals surface area contributed by atoms with Crippen molar-refractivity contribution in [2.24, 2.45) is 0 Å². The highest BCUT2D eigenvalue weighted by Crippen LogP contribution is 2.49. The van der Waals surface area contributed by atoms with Crippen molar-refractivity contribution < 1.29 is 0 Å². The highest BCUT2D eigenvalue weighted by Gasteiger charge is 2.29. The number of nitrogens with zero attached hydrogens (tertiary/aromatic N) is 1. The van der Waals surface area contributed by atoms with Crippen LogP contribution in [0, 0.1) is 6.92 Å². The predicted octanol–water partition coefficient (Wildman–Crippen LogP) is 4.79. The quantitative estimate of drug-likeness (QED) is 0.708. The van der Waals surface area contributed by atoms with E-state index in [1.807, 2.05) is 0 Å². The normalized spacial score (nSPS) is 24.7. The Kier molecular flexibility index (Phi) is 4.23. The summed E-state index contributed by atoms with van der Waals surface area (Å²) >= 11 is 12.3. The van der Waals surface area contributed by atoms with Crippen LogP contribution in [0.3, 0.4) is 0 Å². The first-order valence-corrected chi connectivity index (χ1v) is 9.16. The molecule has 0 bridgehead atoms. The SMILES string of the molecule is Cc1ccc(N2[C@@H](C)CC[C@@H]2C)c(P(Cl)Cl)c1. The van der Waals surface area contributed by atoms with E-state index in [0.717, 1.165) is 5.30 Å². The van der Waals surface area contributed by atoms with Crippen LogP contribution in [0.2, 0.25) is 0 Å². The Labute approximate surface area is 114 Å². The van der Waals surface area contributed by atoms with Crippen molar-refractivity contribution in [2.75, 3.05) is 4.90 Å². The molecule has 1 fully saturated rings. The molecule has 0 aromatic heterocycles. The van der Waals surface area contributed by atoms with Gasteiger partial charge in [0.1, 0.15) is 6.63 Å². The molecule has 1 heterocycles. The van der Waals surface area contributed by atoms with Crippen LogP contribution in [-0.2, 0) is 0 Å². The topological polar surface area (TPSA) is 3.24 Å². The van der Waals surface area contributed by atoms with Crippen LogP contribution in [0.5, 0.6) is 0 Å². The number of anilines is 1. The minimum atomic E-state index is -1.08. The zero-order chi connectivity index (χ0) is 12.6.